The van der Waals surface area contributed by atoms with Crippen molar-refractivity contribution >= 4 is 46.6 Å². The number of carbonyl (C=O) groups excluding carboxylic acids is 1. The molecule has 0 aliphatic rings. The standard InChI is InChI=1S/C19H19Cl2N5O2S/c1-3-26-18(12(2)28-14-7-4-6-13(20)10-14)24-25-19(26)29-11-16(27)23-15-8-5-9-22-17(15)21/h4-10,12H,3,11H2,1-2H3,(H,23,27). The lowest BCUT2D eigenvalue weighted by Gasteiger charge is -2.15. The first-order valence-electron chi connectivity index (χ1n) is 8.86. The van der Waals surface area contributed by atoms with E-state index < -0.39 is 0 Å². The van der Waals surface area contributed by atoms with Gasteiger partial charge in [0.1, 0.15) is 5.75 Å². The minimum Gasteiger partial charge on any atom is -0.483 e. The highest BCUT2D eigenvalue weighted by Crippen LogP contribution is 2.26. The van der Waals surface area contributed by atoms with Crippen LogP contribution in [0.2, 0.25) is 10.2 Å². The number of benzene rings is 1. The van der Waals surface area contributed by atoms with Crippen LogP contribution in [0, 0.1) is 0 Å². The number of anilines is 1. The first-order valence-corrected chi connectivity index (χ1v) is 10.6. The number of hydrogen-bond acceptors (Lipinski definition) is 6. The molecule has 29 heavy (non-hydrogen) atoms. The first-order chi connectivity index (χ1) is 14.0. The highest BCUT2D eigenvalue weighted by molar-refractivity contribution is 7.99. The minimum absolute atomic E-state index is 0.160. The van der Waals surface area contributed by atoms with Gasteiger partial charge in [-0.3, -0.25) is 4.79 Å². The summed E-state index contributed by atoms with van der Waals surface area (Å²) in [6.07, 6.45) is 1.23. The maximum absolute atomic E-state index is 12.2. The van der Waals surface area contributed by atoms with E-state index in [-0.39, 0.29) is 22.9 Å². The molecule has 0 saturated carbocycles. The topological polar surface area (TPSA) is 81.9 Å². The summed E-state index contributed by atoms with van der Waals surface area (Å²) in [5, 5.41) is 12.7. The third kappa shape index (κ3) is 5.62. The molecular weight excluding hydrogens is 433 g/mol. The molecule has 1 unspecified atom stereocenters. The molecule has 0 radical (unpaired) electrons. The van der Waals surface area contributed by atoms with Crippen LogP contribution in [0.15, 0.2) is 47.8 Å². The molecule has 1 N–H and O–H groups in total. The van der Waals surface area contributed by atoms with Crippen molar-refractivity contribution in [2.24, 2.45) is 0 Å². The molecule has 0 aliphatic carbocycles. The molecule has 10 heteroatoms. The molecule has 7 nitrogen and oxygen atoms in total. The number of thioether (sulfide) groups is 1. The van der Waals surface area contributed by atoms with Gasteiger partial charge in [0, 0.05) is 17.8 Å². The summed E-state index contributed by atoms with van der Waals surface area (Å²) < 4.78 is 7.86. The summed E-state index contributed by atoms with van der Waals surface area (Å²) in [6.45, 7) is 4.52. The summed E-state index contributed by atoms with van der Waals surface area (Å²) in [4.78, 5) is 16.2. The van der Waals surface area contributed by atoms with Gasteiger partial charge in [0.05, 0.1) is 11.4 Å². The average Bonchev–Trinajstić information content (AvgIpc) is 3.11. The number of halogens is 2. The second-order valence-electron chi connectivity index (χ2n) is 5.98. The zero-order chi connectivity index (χ0) is 20.8. The van der Waals surface area contributed by atoms with Crippen molar-refractivity contribution in [3.63, 3.8) is 0 Å². The van der Waals surface area contributed by atoms with Crippen molar-refractivity contribution in [2.75, 3.05) is 11.1 Å². The highest BCUT2D eigenvalue weighted by atomic mass is 35.5. The number of nitrogens with one attached hydrogen (secondary N) is 1. The predicted octanol–water partition coefficient (Wildman–Crippen LogP) is 4.87. The Bertz CT molecular complexity index is 998. The summed E-state index contributed by atoms with van der Waals surface area (Å²) in [6, 6.07) is 10.6. The Morgan fingerprint density at radius 1 is 1.28 bits per heavy atom. The largest absolute Gasteiger partial charge is 0.483 e. The fourth-order valence-corrected chi connectivity index (χ4v) is 3.75. The summed E-state index contributed by atoms with van der Waals surface area (Å²) in [7, 11) is 0. The summed E-state index contributed by atoms with van der Waals surface area (Å²) in [5.41, 5.74) is 0.473. The van der Waals surface area contributed by atoms with Crippen LogP contribution >= 0.6 is 35.0 Å². The normalized spacial score (nSPS) is 11.9. The SMILES string of the molecule is CCn1c(SCC(=O)Nc2cccnc2Cl)nnc1C(C)Oc1cccc(Cl)c1. The van der Waals surface area contributed by atoms with Crippen LogP contribution in [0.3, 0.4) is 0 Å². The van der Waals surface area contributed by atoms with Crippen molar-refractivity contribution in [3.8, 4) is 5.75 Å². The Morgan fingerprint density at radius 2 is 2.10 bits per heavy atom. The number of rotatable bonds is 8. The quantitative estimate of drug-likeness (QED) is 0.388. The van der Waals surface area contributed by atoms with E-state index in [1.165, 1.54) is 11.8 Å². The molecule has 1 atom stereocenters. The van der Waals surface area contributed by atoms with Crippen molar-refractivity contribution in [1.82, 2.24) is 19.7 Å². The number of ether oxygens (including phenoxy) is 1. The summed E-state index contributed by atoms with van der Waals surface area (Å²) in [5.74, 6) is 1.27. The molecule has 2 aromatic heterocycles. The molecule has 0 saturated heterocycles. The fourth-order valence-electron chi connectivity index (χ4n) is 2.60. The van der Waals surface area contributed by atoms with Gasteiger partial charge in [0.2, 0.25) is 5.91 Å². The van der Waals surface area contributed by atoms with E-state index in [1.807, 2.05) is 30.5 Å². The van der Waals surface area contributed by atoms with E-state index in [0.717, 1.165) is 0 Å². The Kier molecular flexibility index (Phi) is 7.35. The van der Waals surface area contributed by atoms with Gasteiger partial charge in [0.25, 0.3) is 0 Å². The second kappa shape index (κ2) is 9.96. The molecule has 0 spiro atoms. The Morgan fingerprint density at radius 3 is 2.83 bits per heavy atom. The lowest BCUT2D eigenvalue weighted by Crippen LogP contribution is -2.16. The highest BCUT2D eigenvalue weighted by Gasteiger charge is 2.19. The number of hydrogen-bond donors (Lipinski definition) is 1. The maximum Gasteiger partial charge on any atom is 0.234 e. The van der Waals surface area contributed by atoms with Gasteiger partial charge >= 0.3 is 0 Å². The minimum atomic E-state index is -0.335. The molecule has 152 valence electrons. The van der Waals surface area contributed by atoms with Gasteiger partial charge in [-0.2, -0.15) is 0 Å². The predicted molar refractivity (Wildman–Crippen MR) is 115 cm³/mol. The number of nitrogens with zero attached hydrogens (tertiary/aromatic N) is 4. The molecule has 0 aliphatic heterocycles. The van der Waals surface area contributed by atoms with Crippen LogP contribution in [-0.2, 0) is 11.3 Å². The van der Waals surface area contributed by atoms with E-state index in [1.54, 1.807) is 30.5 Å². The number of carbonyl (C=O) groups is 1. The van der Waals surface area contributed by atoms with Crippen molar-refractivity contribution in [3.05, 3.63) is 58.6 Å². The molecule has 3 aromatic rings. The van der Waals surface area contributed by atoms with Crippen LogP contribution in [0.4, 0.5) is 5.69 Å². The molecule has 3 rings (SSSR count). The van der Waals surface area contributed by atoms with Crippen LogP contribution < -0.4 is 10.1 Å². The monoisotopic (exact) mass is 451 g/mol. The van der Waals surface area contributed by atoms with Crippen molar-refractivity contribution in [1.29, 1.82) is 0 Å². The lowest BCUT2D eigenvalue weighted by atomic mass is 10.3. The fraction of sp³-hybridized carbons (Fsp3) is 0.263. The third-order valence-corrected chi connectivity index (χ3v) is 5.40. The number of pyridine rings is 1. The van der Waals surface area contributed by atoms with E-state index in [9.17, 15) is 4.79 Å². The van der Waals surface area contributed by atoms with E-state index in [0.29, 0.717) is 34.0 Å². The molecule has 2 heterocycles. The summed E-state index contributed by atoms with van der Waals surface area (Å²) >= 11 is 13.3. The van der Waals surface area contributed by atoms with Gasteiger partial charge in [0.15, 0.2) is 22.2 Å². The molecule has 0 fully saturated rings. The second-order valence-corrected chi connectivity index (χ2v) is 7.72. The number of aromatic nitrogens is 4. The van der Waals surface area contributed by atoms with Crippen LogP contribution in [0.25, 0.3) is 0 Å². The van der Waals surface area contributed by atoms with Gasteiger partial charge in [-0.15, -0.1) is 10.2 Å². The van der Waals surface area contributed by atoms with Crippen LogP contribution in [-0.4, -0.2) is 31.4 Å². The van der Waals surface area contributed by atoms with Gasteiger partial charge in [-0.1, -0.05) is 41.0 Å². The first kappa shape index (κ1) is 21.4. The Labute approximate surface area is 182 Å². The third-order valence-electron chi connectivity index (χ3n) is 3.90. The van der Waals surface area contributed by atoms with Gasteiger partial charge in [-0.25, -0.2) is 4.98 Å². The van der Waals surface area contributed by atoms with E-state index >= 15 is 0 Å². The van der Waals surface area contributed by atoms with E-state index in [2.05, 4.69) is 20.5 Å². The zero-order valence-electron chi connectivity index (χ0n) is 15.8. The average molecular weight is 452 g/mol. The lowest BCUT2D eigenvalue weighted by molar-refractivity contribution is -0.113. The van der Waals surface area contributed by atoms with Crippen molar-refractivity contribution in [2.45, 2.75) is 31.7 Å². The molecular formula is C19H19Cl2N5O2S. The maximum atomic E-state index is 12.2. The molecule has 0 bridgehead atoms. The van der Waals surface area contributed by atoms with Gasteiger partial charge in [-0.05, 0) is 44.2 Å². The molecule has 1 aromatic carbocycles. The van der Waals surface area contributed by atoms with E-state index in [4.69, 9.17) is 27.9 Å². The Hall–Kier alpha value is -2.29. The molecule has 1 amide bonds. The Balaban J connectivity index is 1.64. The number of amides is 1. The smallest absolute Gasteiger partial charge is 0.234 e. The zero-order valence-corrected chi connectivity index (χ0v) is 18.1. The van der Waals surface area contributed by atoms with Crippen LogP contribution in [0.5, 0.6) is 5.75 Å². The van der Waals surface area contributed by atoms with Crippen LogP contribution in [0.1, 0.15) is 25.8 Å². The van der Waals surface area contributed by atoms with Crippen molar-refractivity contribution < 1.29 is 9.53 Å². The van der Waals surface area contributed by atoms with Gasteiger partial charge < -0.3 is 14.6 Å².